The molecule has 0 fully saturated rings. The Morgan fingerprint density at radius 1 is 1.11 bits per heavy atom. The van der Waals surface area contributed by atoms with Crippen molar-refractivity contribution in [1.82, 2.24) is 14.2 Å². The second-order valence-electron chi connectivity index (χ2n) is 7.28. The molecule has 28 heavy (non-hydrogen) atoms. The summed E-state index contributed by atoms with van der Waals surface area (Å²) in [5, 5.41) is 2.96. The number of aromatic nitrogens is 1. The van der Waals surface area contributed by atoms with Gasteiger partial charge in [-0.1, -0.05) is 44.2 Å². The lowest BCUT2D eigenvalue weighted by atomic mass is 9.97. The number of amides is 1. The van der Waals surface area contributed by atoms with E-state index in [0.29, 0.717) is 5.92 Å². The van der Waals surface area contributed by atoms with Crippen molar-refractivity contribution < 1.29 is 13.2 Å². The van der Waals surface area contributed by atoms with E-state index in [1.807, 2.05) is 30.3 Å². The van der Waals surface area contributed by atoms with E-state index in [4.69, 9.17) is 0 Å². The normalized spacial score (nSPS) is 12.9. The third kappa shape index (κ3) is 5.53. The van der Waals surface area contributed by atoms with E-state index in [1.165, 1.54) is 26.4 Å². The molecule has 1 atom stereocenters. The summed E-state index contributed by atoms with van der Waals surface area (Å²) in [6, 6.07) is 11.9. The molecule has 1 N–H and O–H groups in total. The zero-order valence-corrected chi connectivity index (χ0v) is 17.4. The minimum Gasteiger partial charge on any atom is -0.348 e. The summed E-state index contributed by atoms with van der Waals surface area (Å²) >= 11 is 0. The van der Waals surface area contributed by atoms with Crippen LogP contribution < -0.4 is 10.9 Å². The van der Waals surface area contributed by atoms with Crippen LogP contribution in [-0.2, 0) is 21.4 Å². The summed E-state index contributed by atoms with van der Waals surface area (Å²) in [4.78, 5) is 24.7. The first-order valence-electron chi connectivity index (χ1n) is 9.08. The molecule has 1 aromatic carbocycles. The largest absolute Gasteiger partial charge is 0.348 e. The Balaban J connectivity index is 2.23. The molecular weight excluding hydrogens is 378 g/mol. The van der Waals surface area contributed by atoms with E-state index in [1.54, 1.807) is 0 Å². The molecule has 0 saturated carbocycles. The van der Waals surface area contributed by atoms with Gasteiger partial charge in [0.05, 0.1) is 10.9 Å². The Morgan fingerprint density at radius 2 is 1.75 bits per heavy atom. The maximum Gasteiger partial charge on any atom is 0.251 e. The van der Waals surface area contributed by atoms with Crippen LogP contribution >= 0.6 is 0 Å². The number of benzene rings is 1. The number of sulfonamides is 1. The molecule has 8 heteroatoms. The van der Waals surface area contributed by atoms with Gasteiger partial charge in [0.15, 0.2) is 0 Å². The zero-order chi connectivity index (χ0) is 20.9. The average Bonchev–Trinajstić information content (AvgIpc) is 2.63. The van der Waals surface area contributed by atoms with Crippen molar-refractivity contribution in [2.45, 2.75) is 37.8 Å². The van der Waals surface area contributed by atoms with Crippen LogP contribution in [0, 0.1) is 5.92 Å². The summed E-state index contributed by atoms with van der Waals surface area (Å²) < 4.78 is 26.7. The molecular formula is C20H27N3O4S. The quantitative estimate of drug-likeness (QED) is 0.728. The van der Waals surface area contributed by atoms with Gasteiger partial charge in [-0.3, -0.25) is 9.59 Å². The number of nitrogens with zero attached hydrogens (tertiary/aromatic N) is 2. The molecule has 0 aliphatic rings. The van der Waals surface area contributed by atoms with Crippen molar-refractivity contribution in [3.05, 3.63) is 64.6 Å². The maximum absolute atomic E-state index is 12.6. The summed E-state index contributed by atoms with van der Waals surface area (Å²) in [5.74, 6) is 0.0118. The lowest BCUT2D eigenvalue weighted by Gasteiger charge is -2.21. The van der Waals surface area contributed by atoms with Gasteiger partial charge in [-0.05, 0) is 24.0 Å². The topological polar surface area (TPSA) is 88.5 Å². The van der Waals surface area contributed by atoms with Gasteiger partial charge in [-0.25, -0.2) is 12.7 Å². The second-order valence-corrected chi connectivity index (χ2v) is 9.43. The van der Waals surface area contributed by atoms with Crippen LogP contribution in [0.2, 0.25) is 0 Å². The molecule has 2 rings (SSSR count). The fraction of sp³-hybridized carbons (Fsp3) is 0.400. The Hall–Kier alpha value is -2.45. The monoisotopic (exact) mass is 405 g/mol. The number of carbonyl (C=O) groups is 1. The highest BCUT2D eigenvalue weighted by Gasteiger charge is 2.20. The van der Waals surface area contributed by atoms with Crippen LogP contribution in [0.5, 0.6) is 0 Å². The highest BCUT2D eigenvalue weighted by atomic mass is 32.2. The van der Waals surface area contributed by atoms with Crippen LogP contribution in [0.25, 0.3) is 0 Å². The second kappa shape index (κ2) is 9.16. The van der Waals surface area contributed by atoms with Gasteiger partial charge in [0.1, 0.15) is 6.54 Å². The van der Waals surface area contributed by atoms with E-state index in [0.717, 1.165) is 26.9 Å². The highest BCUT2D eigenvalue weighted by Crippen LogP contribution is 2.21. The highest BCUT2D eigenvalue weighted by molar-refractivity contribution is 7.89. The van der Waals surface area contributed by atoms with Crippen LogP contribution in [0.1, 0.15) is 31.9 Å². The molecule has 1 aromatic heterocycles. The number of hydrogen-bond acceptors (Lipinski definition) is 4. The molecule has 7 nitrogen and oxygen atoms in total. The van der Waals surface area contributed by atoms with Crippen molar-refractivity contribution in [3.63, 3.8) is 0 Å². The molecule has 0 saturated heterocycles. The van der Waals surface area contributed by atoms with Gasteiger partial charge < -0.3 is 9.88 Å². The SMILES string of the molecule is CC(C)CC(NC(=O)Cn1cc(S(=O)(=O)N(C)C)ccc1=O)c1ccccc1. The molecule has 0 aliphatic heterocycles. The molecule has 0 radical (unpaired) electrons. The Bertz CT molecular complexity index is 966. The zero-order valence-electron chi connectivity index (χ0n) is 16.6. The van der Waals surface area contributed by atoms with E-state index >= 15 is 0 Å². The minimum atomic E-state index is -3.69. The molecule has 1 unspecified atom stereocenters. The van der Waals surface area contributed by atoms with E-state index in [9.17, 15) is 18.0 Å². The Labute approximate surface area is 166 Å². The molecule has 2 aromatic rings. The molecule has 0 aliphatic carbocycles. The molecule has 0 spiro atoms. The number of pyridine rings is 1. The summed E-state index contributed by atoms with van der Waals surface area (Å²) in [6.07, 6.45) is 1.96. The first-order valence-corrected chi connectivity index (χ1v) is 10.5. The molecule has 152 valence electrons. The minimum absolute atomic E-state index is 0.0355. The first-order chi connectivity index (χ1) is 13.1. The van der Waals surface area contributed by atoms with E-state index in [-0.39, 0.29) is 23.4 Å². The predicted molar refractivity (Wildman–Crippen MR) is 108 cm³/mol. The van der Waals surface area contributed by atoms with Crippen molar-refractivity contribution in [2.75, 3.05) is 14.1 Å². The van der Waals surface area contributed by atoms with Crippen molar-refractivity contribution in [1.29, 1.82) is 0 Å². The van der Waals surface area contributed by atoms with Gasteiger partial charge in [0.2, 0.25) is 15.9 Å². The van der Waals surface area contributed by atoms with Crippen molar-refractivity contribution >= 4 is 15.9 Å². The lowest BCUT2D eigenvalue weighted by Crippen LogP contribution is -2.35. The van der Waals surface area contributed by atoms with Gasteiger partial charge in [0.25, 0.3) is 5.56 Å². The van der Waals surface area contributed by atoms with Gasteiger partial charge in [-0.15, -0.1) is 0 Å². The third-order valence-electron chi connectivity index (χ3n) is 4.29. The van der Waals surface area contributed by atoms with E-state index < -0.39 is 15.6 Å². The van der Waals surface area contributed by atoms with Crippen LogP contribution in [0.3, 0.4) is 0 Å². The predicted octanol–water partition coefficient (Wildman–Crippen LogP) is 2.00. The Kier molecular flexibility index (Phi) is 7.15. The summed E-state index contributed by atoms with van der Waals surface area (Å²) in [6.45, 7) is 3.89. The van der Waals surface area contributed by atoms with Gasteiger partial charge in [-0.2, -0.15) is 0 Å². The van der Waals surface area contributed by atoms with E-state index in [2.05, 4.69) is 19.2 Å². The van der Waals surface area contributed by atoms with Crippen molar-refractivity contribution in [3.8, 4) is 0 Å². The van der Waals surface area contributed by atoms with Crippen LogP contribution in [-0.4, -0.2) is 37.3 Å². The van der Waals surface area contributed by atoms with Crippen molar-refractivity contribution in [2.24, 2.45) is 5.92 Å². The number of hydrogen-bond donors (Lipinski definition) is 1. The fourth-order valence-electron chi connectivity index (χ4n) is 2.83. The summed E-state index contributed by atoms with van der Waals surface area (Å²) in [5.41, 5.74) is 0.550. The number of nitrogens with one attached hydrogen (secondary N) is 1. The van der Waals surface area contributed by atoms with Crippen LogP contribution in [0.4, 0.5) is 0 Å². The molecule has 1 amide bonds. The van der Waals surface area contributed by atoms with Gasteiger partial charge >= 0.3 is 0 Å². The third-order valence-corrected chi connectivity index (χ3v) is 6.09. The molecule has 1 heterocycles. The van der Waals surface area contributed by atoms with Crippen LogP contribution in [0.15, 0.2) is 58.4 Å². The fourth-order valence-corrected chi connectivity index (χ4v) is 3.75. The number of carbonyl (C=O) groups excluding carboxylic acids is 1. The molecule has 0 bridgehead atoms. The maximum atomic E-state index is 12.6. The lowest BCUT2D eigenvalue weighted by molar-refractivity contribution is -0.122. The standard InChI is InChI=1S/C20H27N3O4S/c1-15(2)12-18(16-8-6-5-7-9-16)21-19(24)14-23-13-17(10-11-20(23)25)28(26,27)22(3)4/h5-11,13,15,18H,12,14H2,1-4H3,(H,21,24). The average molecular weight is 406 g/mol. The first kappa shape index (κ1) is 21.8. The smallest absolute Gasteiger partial charge is 0.251 e. The Morgan fingerprint density at radius 3 is 2.32 bits per heavy atom. The summed E-state index contributed by atoms with van der Waals surface area (Å²) in [7, 11) is -0.871. The van der Waals surface area contributed by atoms with Gasteiger partial charge in [0, 0.05) is 26.4 Å². The number of rotatable bonds is 8.